The molecular weight excluding hydrogens is 258 g/mol. The van der Waals surface area contributed by atoms with Crippen LogP contribution in [-0.4, -0.2) is 29.2 Å². The zero-order valence-electron chi connectivity index (χ0n) is 11.0. The Balaban J connectivity index is 1.64. The highest BCUT2D eigenvalue weighted by Gasteiger charge is 2.47. The van der Waals surface area contributed by atoms with Crippen LogP contribution in [0.3, 0.4) is 0 Å². The molecule has 0 bridgehead atoms. The Morgan fingerprint density at radius 3 is 2.35 bits per heavy atom. The maximum atomic E-state index is 12.2. The molecule has 1 aliphatic carbocycles. The van der Waals surface area contributed by atoms with Crippen molar-refractivity contribution in [3.05, 3.63) is 35.9 Å². The van der Waals surface area contributed by atoms with E-state index in [0.29, 0.717) is 12.8 Å². The van der Waals surface area contributed by atoms with Gasteiger partial charge in [-0.05, 0) is 31.2 Å². The Hall–Kier alpha value is -1.88. The average molecular weight is 275 g/mol. The fourth-order valence-electron chi connectivity index (χ4n) is 2.70. The highest BCUT2D eigenvalue weighted by atomic mass is 16.5. The molecule has 1 amide bonds. The van der Waals surface area contributed by atoms with Crippen LogP contribution in [0, 0.1) is 0 Å². The second kappa shape index (κ2) is 4.90. The molecule has 1 saturated heterocycles. The first kappa shape index (κ1) is 13.1. The molecule has 106 valence electrons. The van der Waals surface area contributed by atoms with Crippen LogP contribution in [0.2, 0.25) is 0 Å². The van der Waals surface area contributed by atoms with Gasteiger partial charge in [0.05, 0.1) is 5.54 Å². The maximum absolute atomic E-state index is 12.2. The van der Waals surface area contributed by atoms with Gasteiger partial charge in [0.1, 0.15) is 6.10 Å². The summed E-state index contributed by atoms with van der Waals surface area (Å²) in [7, 11) is 0. The van der Waals surface area contributed by atoms with Crippen LogP contribution in [-0.2, 0) is 19.9 Å². The number of carbonyl (C=O) groups is 2. The highest BCUT2D eigenvalue weighted by molar-refractivity contribution is 5.83. The molecule has 3 rings (SSSR count). The molecule has 2 N–H and O–H groups in total. The monoisotopic (exact) mass is 275 g/mol. The van der Waals surface area contributed by atoms with Gasteiger partial charge < -0.3 is 15.2 Å². The number of carboxylic acid groups (broad SMARTS) is 1. The first-order valence-corrected chi connectivity index (χ1v) is 6.86. The Kier molecular flexibility index (Phi) is 3.22. The Morgan fingerprint density at radius 2 is 1.80 bits per heavy atom. The van der Waals surface area contributed by atoms with E-state index in [4.69, 9.17) is 9.84 Å². The molecule has 0 spiro atoms. The zero-order chi connectivity index (χ0) is 14.2. The number of hydrogen-bond acceptors (Lipinski definition) is 3. The minimum Gasteiger partial charge on any atom is -0.479 e. The molecule has 1 heterocycles. The van der Waals surface area contributed by atoms with Crippen molar-refractivity contribution < 1.29 is 19.4 Å². The average Bonchev–Trinajstić information content (AvgIpc) is 3.05. The first-order chi connectivity index (χ1) is 9.61. The lowest BCUT2D eigenvalue weighted by molar-refractivity contribution is -0.152. The molecule has 0 radical (unpaired) electrons. The lowest BCUT2D eigenvalue weighted by Crippen LogP contribution is -2.42. The Labute approximate surface area is 116 Å². The van der Waals surface area contributed by atoms with Crippen molar-refractivity contribution in [2.75, 3.05) is 0 Å². The summed E-state index contributed by atoms with van der Waals surface area (Å²) in [6.45, 7) is 0. The van der Waals surface area contributed by atoms with Gasteiger partial charge in [0.2, 0.25) is 5.91 Å². The molecule has 1 saturated carbocycles. The number of carbonyl (C=O) groups excluding carboxylic acids is 1. The second-order valence-corrected chi connectivity index (χ2v) is 5.47. The lowest BCUT2D eigenvalue weighted by Gasteiger charge is -2.20. The van der Waals surface area contributed by atoms with E-state index < -0.39 is 18.2 Å². The summed E-state index contributed by atoms with van der Waals surface area (Å²) in [5.41, 5.74) is 0.823. The molecule has 2 fully saturated rings. The summed E-state index contributed by atoms with van der Waals surface area (Å²) in [6, 6.07) is 9.85. The highest BCUT2D eigenvalue weighted by Crippen LogP contribution is 2.45. The van der Waals surface area contributed by atoms with E-state index >= 15 is 0 Å². The van der Waals surface area contributed by atoms with Gasteiger partial charge in [0.25, 0.3) is 0 Å². The smallest absolute Gasteiger partial charge is 0.332 e. The summed E-state index contributed by atoms with van der Waals surface area (Å²) in [5, 5.41) is 11.9. The van der Waals surface area contributed by atoms with Crippen molar-refractivity contribution in [3.63, 3.8) is 0 Å². The van der Waals surface area contributed by atoms with Gasteiger partial charge in [0, 0.05) is 0 Å². The van der Waals surface area contributed by atoms with Crippen molar-refractivity contribution in [1.29, 1.82) is 0 Å². The van der Waals surface area contributed by atoms with Crippen LogP contribution in [0.4, 0.5) is 0 Å². The van der Waals surface area contributed by atoms with E-state index in [1.54, 1.807) is 0 Å². The van der Waals surface area contributed by atoms with Crippen molar-refractivity contribution in [2.24, 2.45) is 0 Å². The summed E-state index contributed by atoms with van der Waals surface area (Å²) < 4.78 is 5.28. The normalized spacial score (nSPS) is 27.0. The van der Waals surface area contributed by atoms with E-state index in [1.807, 2.05) is 30.3 Å². The molecule has 5 nitrogen and oxygen atoms in total. The van der Waals surface area contributed by atoms with E-state index in [9.17, 15) is 9.59 Å². The minimum absolute atomic E-state index is 0.199. The number of hydrogen-bond donors (Lipinski definition) is 2. The standard InChI is InChI=1S/C15H17NO4/c17-13(11-6-7-12(20-11)14(18)19)16-15(8-9-15)10-4-2-1-3-5-10/h1-5,11-12H,6-9H2,(H,16,17)(H,18,19)/t11-,12+/m0/s1. The lowest BCUT2D eigenvalue weighted by atomic mass is 10.0. The van der Waals surface area contributed by atoms with E-state index in [0.717, 1.165) is 18.4 Å². The predicted molar refractivity (Wildman–Crippen MR) is 71.0 cm³/mol. The van der Waals surface area contributed by atoms with Crippen LogP contribution in [0.5, 0.6) is 0 Å². The third kappa shape index (κ3) is 2.41. The molecule has 20 heavy (non-hydrogen) atoms. The SMILES string of the molecule is O=C(NC1(c2ccccc2)CC1)[C@@H]1CC[C@H](C(=O)O)O1. The molecule has 0 aromatic heterocycles. The molecule has 2 atom stereocenters. The quantitative estimate of drug-likeness (QED) is 0.871. The zero-order valence-corrected chi connectivity index (χ0v) is 11.0. The summed E-state index contributed by atoms with van der Waals surface area (Å²) in [5.74, 6) is -1.19. The minimum atomic E-state index is -0.996. The molecular formula is C15H17NO4. The van der Waals surface area contributed by atoms with Gasteiger partial charge in [-0.1, -0.05) is 30.3 Å². The van der Waals surface area contributed by atoms with Crippen molar-refractivity contribution in [3.8, 4) is 0 Å². The topological polar surface area (TPSA) is 75.6 Å². The van der Waals surface area contributed by atoms with Crippen LogP contribution >= 0.6 is 0 Å². The number of carboxylic acids is 1. The second-order valence-electron chi connectivity index (χ2n) is 5.47. The van der Waals surface area contributed by atoms with Gasteiger partial charge in [-0.15, -0.1) is 0 Å². The van der Waals surface area contributed by atoms with Crippen LogP contribution in [0.15, 0.2) is 30.3 Å². The third-order valence-electron chi connectivity index (χ3n) is 4.03. The summed E-state index contributed by atoms with van der Waals surface area (Å²) >= 11 is 0. The largest absolute Gasteiger partial charge is 0.479 e. The fourth-order valence-corrected chi connectivity index (χ4v) is 2.70. The van der Waals surface area contributed by atoms with Crippen LogP contribution in [0.1, 0.15) is 31.2 Å². The Bertz CT molecular complexity index is 524. The third-order valence-corrected chi connectivity index (χ3v) is 4.03. The summed E-state index contributed by atoms with van der Waals surface area (Å²) in [6.07, 6.45) is 1.20. The van der Waals surface area contributed by atoms with E-state index in [2.05, 4.69) is 5.32 Å². The Morgan fingerprint density at radius 1 is 1.15 bits per heavy atom. The van der Waals surface area contributed by atoms with Gasteiger partial charge in [-0.3, -0.25) is 4.79 Å². The number of ether oxygens (including phenoxy) is 1. The molecule has 1 aromatic carbocycles. The summed E-state index contributed by atoms with van der Waals surface area (Å²) in [4.78, 5) is 23.0. The van der Waals surface area contributed by atoms with Crippen LogP contribution in [0.25, 0.3) is 0 Å². The van der Waals surface area contributed by atoms with Gasteiger partial charge >= 0.3 is 5.97 Å². The van der Waals surface area contributed by atoms with Crippen molar-refractivity contribution in [1.82, 2.24) is 5.32 Å². The number of rotatable bonds is 4. The predicted octanol–water partition coefficient (Wildman–Crippen LogP) is 1.42. The van der Waals surface area contributed by atoms with Gasteiger partial charge in [0.15, 0.2) is 6.10 Å². The number of nitrogens with one attached hydrogen (secondary N) is 1. The molecule has 1 aromatic rings. The number of aliphatic carboxylic acids is 1. The first-order valence-electron chi connectivity index (χ1n) is 6.86. The maximum Gasteiger partial charge on any atom is 0.332 e. The molecule has 1 aliphatic heterocycles. The van der Waals surface area contributed by atoms with Crippen LogP contribution < -0.4 is 5.32 Å². The van der Waals surface area contributed by atoms with Gasteiger partial charge in [-0.25, -0.2) is 4.79 Å². The van der Waals surface area contributed by atoms with Crippen molar-refractivity contribution >= 4 is 11.9 Å². The molecule has 0 unspecified atom stereocenters. The van der Waals surface area contributed by atoms with E-state index in [1.165, 1.54) is 0 Å². The fraction of sp³-hybridized carbons (Fsp3) is 0.467. The van der Waals surface area contributed by atoms with Crippen molar-refractivity contribution in [2.45, 2.75) is 43.4 Å². The molecule has 5 heteroatoms. The number of amides is 1. The molecule has 2 aliphatic rings. The number of benzene rings is 1. The van der Waals surface area contributed by atoms with Gasteiger partial charge in [-0.2, -0.15) is 0 Å². The van der Waals surface area contributed by atoms with E-state index in [-0.39, 0.29) is 11.4 Å².